The van der Waals surface area contributed by atoms with E-state index in [0.717, 1.165) is 5.69 Å². The molecule has 0 unspecified atom stereocenters. The third kappa shape index (κ3) is 4.11. The lowest BCUT2D eigenvalue weighted by Gasteiger charge is -2.09. The average Bonchev–Trinajstić information content (AvgIpc) is 2.28. The first-order valence-electron chi connectivity index (χ1n) is 5.80. The van der Waals surface area contributed by atoms with Gasteiger partial charge in [0.05, 0.1) is 23.6 Å². The molecule has 0 aliphatic carbocycles. The van der Waals surface area contributed by atoms with Gasteiger partial charge in [-0.15, -0.1) is 0 Å². The molecule has 94 valence electrons. The summed E-state index contributed by atoms with van der Waals surface area (Å²) in [7, 11) is 0. The lowest BCUT2D eigenvalue weighted by atomic mass is 10.1. The van der Waals surface area contributed by atoms with Gasteiger partial charge in [-0.2, -0.15) is 10.2 Å². The largest absolute Gasteiger partial charge is 0.276 e. The van der Waals surface area contributed by atoms with Gasteiger partial charge in [-0.25, -0.2) is 5.48 Å². The Bertz CT molecular complexity index is 391. The monoisotopic (exact) mass is 237 g/mol. The number of amides is 1. The first kappa shape index (κ1) is 13.6. The molecule has 17 heavy (non-hydrogen) atoms. The van der Waals surface area contributed by atoms with Gasteiger partial charge in [0, 0.05) is 0 Å². The molecule has 0 aliphatic heterocycles. The molecule has 5 nitrogen and oxygen atoms in total. The molecule has 0 atom stereocenters. The lowest BCUT2D eigenvalue weighted by molar-refractivity contribution is 0.0207. The second-order valence-electron chi connectivity index (χ2n) is 4.34. The molecular formula is C12H19N3O2. The van der Waals surface area contributed by atoms with Crippen LogP contribution in [0.5, 0.6) is 0 Å². The van der Waals surface area contributed by atoms with Crippen molar-refractivity contribution in [2.24, 2.45) is 5.92 Å². The second-order valence-corrected chi connectivity index (χ2v) is 4.34. The zero-order valence-corrected chi connectivity index (χ0v) is 10.8. The van der Waals surface area contributed by atoms with E-state index < -0.39 is 0 Å². The van der Waals surface area contributed by atoms with E-state index in [1.807, 2.05) is 20.8 Å². The Morgan fingerprint density at radius 2 is 2.18 bits per heavy atom. The van der Waals surface area contributed by atoms with Gasteiger partial charge in [0.15, 0.2) is 0 Å². The zero-order chi connectivity index (χ0) is 12.8. The molecule has 1 N–H and O–H groups in total. The summed E-state index contributed by atoms with van der Waals surface area (Å²) in [5, 5.41) is 7.93. The predicted octanol–water partition coefficient (Wildman–Crippen LogP) is 1.66. The van der Waals surface area contributed by atoms with Gasteiger partial charge in [-0.1, -0.05) is 20.8 Å². The Hall–Kier alpha value is -1.49. The maximum absolute atomic E-state index is 11.9. The summed E-state index contributed by atoms with van der Waals surface area (Å²) in [5.41, 5.74) is 4.36. The van der Waals surface area contributed by atoms with Crippen molar-refractivity contribution in [3.63, 3.8) is 0 Å². The van der Waals surface area contributed by atoms with E-state index in [0.29, 0.717) is 30.2 Å². The molecule has 0 aromatic carbocycles. The van der Waals surface area contributed by atoms with Crippen LogP contribution in [-0.4, -0.2) is 22.7 Å². The summed E-state index contributed by atoms with van der Waals surface area (Å²) in [6.45, 7) is 8.26. The first-order valence-corrected chi connectivity index (χ1v) is 5.80. The Kier molecular flexibility index (Phi) is 5.03. The van der Waals surface area contributed by atoms with E-state index in [-0.39, 0.29) is 5.91 Å². The SMILES string of the molecule is CCc1nnc(C)cc1C(=O)NOCC(C)C. The third-order valence-electron chi connectivity index (χ3n) is 2.15. The molecule has 1 heterocycles. The Morgan fingerprint density at radius 3 is 2.76 bits per heavy atom. The minimum absolute atomic E-state index is 0.263. The van der Waals surface area contributed by atoms with E-state index in [1.165, 1.54) is 0 Å². The molecular weight excluding hydrogens is 218 g/mol. The normalized spacial score (nSPS) is 10.6. The number of carbonyl (C=O) groups excluding carboxylic acids is 1. The summed E-state index contributed by atoms with van der Waals surface area (Å²) >= 11 is 0. The van der Waals surface area contributed by atoms with Crippen molar-refractivity contribution in [3.05, 3.63) is 23.0 Å². The van der Waals surface area contributed by atoms with Crippen molar-refractivity contribution in [1.29, 1.82) is 0 Å². The van der Waals surface area contributed by atoms with E-state index in [1.54, 1.807) is 13.0 Å². The second kappa shape index (κ2) is 6.30. The van der Waals surface area contributed by atoms with Crippen LogP contribution in [0.4, 0.5) is 0 Å². The van der Waals surface area contributed by atoms with Crippen LogP contribution in [0.1, 0.15) is 42.5 Å². The number of nitrogens with one attached hydrogen (secondary N) is 1. The van der Waals surface area contributed by atoms with Crippen molar-refractivity contribution in [2.75, 3.05) is 6.61 Å². The topological polar surface area (TPSA) is 64.1 Å². The molecule has 0 saturated heterocycles. The Labute approximate surface area is 102 Å². The molecule has 1 rings (SSSR count). The fourth-order valence-corrected chi connectivity index (χ4v) is 1.30. The van der Waals surface area contributed by atoms with Gasteiger partial charge in [0.2, 0.25) is 0 Å². The van der Waals surface area contributed by atoms with Crippen LogP contribution in [0.25, 0.3) is 0 Å². The summed E-state index contributed by atoms with van der Waals surface area (Å²) in [6.07, 6.45) is 0.667. The summed E-state index contributed by atoms with van der Waals surface area (Å²) in [5.74, 6) is 0.110. The van der Waals surface area contributed by atoms with Gasteiger partial charge in [-0.3, -0.25) is 9.63 Å². The van der Waals surface area contributed by atoms with Crippen LogP contribution >= 0.6 is 0 Å². The first-order chi connectivity index (χ1) is 8.04. The van der Waals surface area contributed by atoms with Crippen LogP contribution in [0.3, 0.4) is 0 Å². The number of aryl methyl sites for hydroxylation is 2. The fourth-order valence-electron chi connectivity index (χ4n) is 1.30. The molecule has 0 bridgehead atoms. The van der Waals surface area contributed by atoms with Gasteiger partial charge >= 0.3 is 0 Å². The number of carbonyl (C=O) groups is 1. The number of hydroxylamine groups is 1. The highest BCUT2D eigenvalue weighted by atomic mass is 16.6. The molecule has 0 radical (unpaired) electrons. The molecule has 1 aromatic rings. The van der Waals surface area contributed by atoms with Crippen molar-refractivity contribution in [1.82, 2.24) is 15.7 Å². The average molecular weight is 237 g/mol. The van der Waals surface area contributed by atoms with E-state index >= 15 is 0 Å². The Morgan fingerprint density at radius 1 is 1.47 bits per heavy atom. The van der Waals surface area contributed by atoms with Crippen molar-refractivity contribution in [3.8, 4) is 0 Å². The summed E-state index contributed by atoms with van der Waals surface area (Å²) in [6, 6.07) is 1.72. The van der Waals surface area contributed by atoms with E-state index in [4.69, 9.17) is 4.84 Å². The molecule has 0 aliphatic rings. The molecule has 1 aromatic heterocycles. The van der Waals surface area contributed by atoms with Crippen LogP contribution in [-0.2, 0) is 11.3 Å². The molecule has 5 heteroatoms. The van der Waals surface area contributed by atoms with Gasteiger partial charge in [0.25, 0.3) is 5.91 Å². The van der Waals surface area contributed by atoms with Gasteiger partial charge < -0.3 is 0 Å². The highest BCUT2D eigenvalue weighted by Gasteiger charge is 2.12. The molecule has 1 amide bonds. The van der Waals surface area contributed by atoms with E-state index in [2.05, 4.69) is 15.7 Å². The smallest absolute Gasteiger partial charge is 0.273 e. The lowest BCUT2D eigenvalue weighted by Crippen LogP contribution is -2.27. The Balaban J connectivity index is 2.70. The zero-order valence-electron chi connectivity index (χ0n) is 10.8. The highest BCUT2D eigenvalue weighted by molar-refractivity contribution is 5.94. The predicted molar refractivity (Wildman–Crippen MR) is 64.4 cm³/mol. The van der Waals surface area contributed by atoms with E-state index in [9.17, 15) is 4.79 Å². The molecule has 0 saturated carbocycles. The number of aromatic nitrogens is 2. The minimum atomic E-state index is -0.263. The number of hydrogen-bond donors (Lipinski definition) is 1. The van der Waals surface area contributed by atoms with Crippen LogP contribution in [0.15, 0.2) is 6.07 Å². The minimum Gasteiger partial charge on any atom is -0.273 e. The maximum atomic E-state index is 11.9. The number of nitrogens with zero attached hydrogens (tertiary/aromatic N) is 2. The van der Waals surface area contributed by atoms with Gasteiger partial charge in [0.1, 0.15) is 0 Å². The quantitative estimate of drug-likeness (QED) is 0.791. The number of rotatable bonds is 5. The third-order valence-corrected chi connectivity index (χ3v) is 2.15. The van der Waals surface area contributed by atoms with Crippen LogP contribution in [0.2, 0.25) is 0 Å². The summed E-state index contributed by atoms with van der Waals surface area (Å²) in [4.78, 5) is 17.0. The van der Waals surface area contributed by atoms with Crippen molar-refractivity contribution >= 4 is 5.91 Å². The van der Waals surface area contributed by atoms with Gasteiger partial charge in [-0.05, 0) is 25.3 Å². The standard InChI is InChI=1S/C12H19N3O2/c1-5-11-10(6-9(4)13-14-11)12(16)15-17-7-8(2)3/h6,8H,5,7H2,1-4H3,(H,15,16). The summed E-state index contributed by atoms with van der Waals surface area (Å²) < 4.78 is 0. The maximum Gasteiger partial charge on any atom is 0.276 e. The van der Waals surface area contributed by atoms with Crippen molar-refractivity contribution in [2.45, 2.75) is 34.1 Å². The number of hydrogen-bond acceptors (Lipinski definition) is 4. The van der Waals surface area contributed by atoms with Crippen LogP contribution in [0, 0.1) is 12.8 Å². The van der Waals surface area contributed by atoms with Crippen LogP contribution < -0.4 is 5.48 Å². The molecule has 0 fully saturated rings. The highest BCUT2D eigenvalue weighted by Crippen LogP contribution is 2.07. The molecule has 0 spiro atoms. The fraction of sp³-hybridized carbons (Fsp3) is 0.583. The van der Waals surface area contributed by atoms with Crippen molar-refractivity contribution < 1.29 is 9.63 Å².